The topological polar surface area (TPSA) is 42.5 Å². The molecule has 0 saturated heterocycles. The van der Waals surface area contributed by atoms with E-state index in [-0.39, 0.29) is 0 Å². The number of pyridine rings is 1. The highest BCUT2D eigenvalue weighted by Gasteiger charge is 2.10. The lowest BCUT2D eigenvalue weighted by Crippen LogP contribution is -2.12. The van der Waals surface area contributed by atoms with Gasteiger partial charge in [-0.1, -0.05) is 48.5 Å². The number of benzene rings is 2. The Labute approximate surface area is 155 Å². The number of hydrogen-bond donors (Lipinski definition) is 0. The van der Waals surface area contributed by atoms with Gasteiger partial charge in [0, 0.05) is 35.4 Å². The van der Waals surface area contributed by atoms with Crippen LogP contribution >= 0.6 is 11.3 Å². The normalized spacial score (nSPS) is 12.3. The third-order valence-corrected chi connectivity index (χ3v) is 4.90. The Morgan fingerprint density at radius 1 is 1.08 bits per heavy atom. The molecule has 0 atom stereocenters. The summed E-state index contributed by atoms with van der Waals surface area (Å²) in [6.07, 6.45) is 5.38. The Hall–Kier alpha value is -3.05. The number of hydrogen-bond acceptors (Lipinski definition) is 4. The molecule has 0 amide bonds. The van der Waals surface area contributed by atoms with E-state index < -0.39 is 0 Å². The Morgan fingerprint density at radius 2 is 1.96 bits per heavy atom. The first-order valence-corrected chi connectivity index (χ1v) is 9.38. The summed E-state index contributed by atoms with van der Waals surface area (Å²) >= 11 is 1.61. The summed E-state index contributed by atoms with van der Waals surface area (Å²) in [6, 6.07) is 18.6. The fraction of sp³-hybridized carbons (Fsp3) is 0.0952. The van der Waals surface area contributed by atoms with Crippen LogP contribution < -0.4 is 4.80 Å². The maximum atomic E-state index is 4.71. The van der Waals surface area contributed by atoms with Gasteiger partial charge in [-0.2, -0.15) is 5.10 Å². The number of nitrogens with zero attached hydrogens (tertiary/aromatic N) is 4. The summed E-state index contributed by atoms with van der Waals surface area (Å²) in [7, 11) is 0. The molecule has 4 rings (SSSR count). The van der Waals surface area contributed by atoms with E-state index in [4.69, 9.17) is 5.10 Å². The molecule has 0 spiro atoms. The van der Waals surface area contributed by atoms with Crippen molar-refractivity contribution in [3.8, 4) is 11.3 Å². The van der Waals surface area contributed by atoms with E-state index in [0.29, 0.717) is 0 Å². The quantitative estimate of drug-likeness (QED) is 0.493. The van der Waals surface area contributed by atoms with Crippen molar-refractivity contribution in [2.24, 2.45) is 10.1 Å². The number of fused-ring (bicyclic) bond motifs is 1. The molecular weight excluding hydrogens is 340 g/mol. The highest BCUT2D eigenvalue weighted by molar-refractivity contribution is 7.07. The van der Waals surface area contributed by atoms with Crippen LogP contribution in [0.25, 0.3) is 22.0 Å². The molecule has 0 N–H and O–H groups in total. The van der Waals surface area contributed by atoms with Crippen LogP contribution in [0.2, 0.25) is 0 Å². The maximum absolute atomic E-state index is 4.71. The molecule has 2 aromatic heterocycles. The molecule has 4 nitrogen and oxygen atoms in total. The largest absolute Gasteiger partial charge is 0.264 e. The Morgan fingerprint density at radius 3 is 2.81 bits per heavy atom. The molecular formula is C21H18N4S. The summed E-state index contributed by atoms with van der Waals surface area (Å²) < 4.78 is 1.92. The van der Waals surface area contributed by atoms with Crippen LogP contribution in [0.15, 0.2) is 82.5 Å². The van der Waals surface area contributed by atoms with Gasteiger partial charge in [-0.25, -0.2) is 4.68 Å². The average Bonchev–Trinajstić information content (AvgIpc) is 3.09. The van der Waals surface area contributed by atoms with Crippen LogP contribution in [-0.2, 0) is 0 Å². The predicted molar refractivity (Wildman–Crippen MR) is 109 cm³/mol. The number of aromatic nitrogens is 2. The minimum Gasteiger partial charge on any atom is -0.264 e. The molecule has 0 fully saturated rings. The molecule has 5 heteroatoms. The van der Waals surface area contributed by atoms with E-state index in [1.165, 1.54) is 10.8 Å². The van der Waals surface area contributed by atoms with Crippen molar-refractivity contribution < 1.29 is 0 Å². The van der Waals surface area contributed by atoms with Gasteiger partial charge in [0.25, 0.3) is 0 Å². The van der Waals surface area contributed by atoms with Crippen LogP contribution in [-0.4, -0.2) is 22.4 Å². The van der Waals surface area contributed by atoms with E-state index >= 15 is 0 Å². The molecule has 0 unspecified atom stereocenters. The zero-order chi connectivity index (χ0) is 17.8. The monoisotopic (exact) mass is 358 g/mol. The summed E-state index contributed by atoms with van der Waals surface area (Å²) in [6.45, 7) is 2.75. The molecule has 128 valence electrons. The van der Waals surface area contributed by atoms with Crippen molar-refractivity contribution in [3.05, 3.63) is 82.7 Å². The van der Waals surface area contributed by atoms with Gasteiger partial charge in [0.2, 0.25) is 4.80 Å². The van der Waals surface area contributed by atoms with Gasteiger partial charge in [0.1, 0.15) is 0 Å². The highest BCUT2D eigenvalue weighted by Crippen LogP contribution is 2.28. The first-order valence-electron chi connectivity index (χ1n) is 8.50. The molecule has 0 saturated carbocycles. The second kappa shape index (κ2) is 7.45. The van der Waals surface area contributed by atoms with Crippen molar-refractivity contribution in [2.45, 2.75) is 6.92 Å². The van der Waals surface area contributed by atoms with Gasteiger partial charge in [0.15, 0.2) is 0 Å². The molecule has 2 heterocycles. The minimum atomic E-state index is 0.720. The van der Waals surface area contributed by atoms with Crippen molar-refractivity contribution in [2.75, 3.05) is 6.54 Å². The molecule has 0 aliphatic rings. The Kier molecular flexibility index (Phi) is 4.71. The van der Waals surface area contributed by atoms with Crippen LogP contribution in [0, 0.1) is 0 Å². The molecule has 0 radical (unpaired) electrons. The second-order valence-corrected chi connectivity index (χ2v) is 6.58. The summed E-state index contributed by atoms with van der Waals surface area (Å²) in [5, 5.41) is 9.25. The predicted octanol–water partition coefficient (Wildman–Crippen LogP) is 4.57. The highest BCUT2D eigenvalue weighted by atomic mass is 32.1. The lowest BCUT2D eigenvalue weighted by Gasteiger charge is -2.07. The van der Waals surface area contributed by atoms with Gasteiger partial charge in [0.05, 0.1) is 11.9 Å². The first-order chi connectivity index (χ1) is 12.9. The van der Waals surface area contributed by atoms with E-state index in [2.05, 4.69) is 57.8 Å². The zero-order valence-corrected chi connectivity index (χ0v) is 15.2. The van der Waals surface area contributed by atoms with Gasteiger partial charge < -0.3 is 0 Å². The van der Waals surface area contributed by atoms with E-state index in [9.17, 15) is 0 Å². The smallest absolute Gasteiger partial charge is 0.206 e. The number of rotatable bonds is 4. The zero-order valence-electron chi connectivity index (χ0n) is 14.4. The third-order valence-electron chi connectivity index (χ3n) is 4.05. The lowest BCUT2D eigenvalue weighted by atomic mass is 10.0. The van der Waals surface area contributed by atoms with Gasteiger partial charge in [-0.3, -0.25) is 9.98 Å². The van der Waals surface area contributed by atoms with Crippen LogP contribution in [0.1, 0.15) is 12.5 Å². The van der Waals surface area contributed by atoms with E-state index in [1.807, 2.05) is 29.9 Å². The molecule has 0 aliphatic heterocycles. The van der Waals surface area contributed by atoms with Gasteiger partial charge in [-0.15, -0.1) is 11.3 Å². The third kappa shape index (κ3) is 3.21. The van der Waals surface area contributed by atoms with Crippen LogP contribution in [0.3, 0.4) is 0 Å². The first kappa shape index (κ1) is 16.4. The second-order valence-electron chi connectivity index (χ2n) is 5.75. The minimum absolute atomic E-state index is 0.720. The molecule has 2 aromatic carbocycles. The van der Waals surface area contributed by atoms with Crippen molar-refractivity contribution >= 4 is 28.3 Å². The molecule has 26 heavy (non-hydrogen) atoms. The SMILES string of the molecule is CCN=c1scc(-c2cccc3ccccc23)n1N=Cc1cccnc1. The maximum Gasteiger partial charge on any atom is 0.206 e. The Bertz CT molecular complexity index is 1120. The standard InChI is InChI=1S/C21H18N4S/c1-2-23-21-25(24-14-16-7-6-12-22-13-16)20(15-26-21)19-11-5-9-17-8-3-4-10-18(17)19/h3-15H,2H2,1H3. The lowest BCUT2D eigenvalue weighted by molar-refractivity contribution is 0.833. The summed E-state index contributed by atoms with van der Waals surface area (Å²) in [4.78, 5) is 9.63. The van der Waals surface area contributed by atoms with E-state index in [0.717, 1.165) is 28.2 Å². The summed E-state index contributed by atoms with van der Waals surface area (Å²) in [5.74, 6) is 0. The van der Waals surface area contributed by atoms with E-state index in [1.54, 1.807) is 23.7 Å². The van der Waals surface area contributed by atoms with Gasteiger partial charge in [-0.05, 0) is 23.8 Å². The van der Waals surface area contributed by atoms with Crippen molar-refractivity contribution in [3.63, 3.8) is 0 Å². The molecule has 0 bridgehead atoms. The fourth-order valence-corrected chi connectivity index (χ4v) is 3.76. The number of thiazole rings is 1. The molecule has 0 aliphatic carbocycles. The average molecular weight is 358 g/mol. The van der Waals surface area contributed by atoms with Gasteiger partial charge >= 0.3 is 0 Å². The Balaban J connectivity index is 1.90. The molecule has 4 aromatic rings. The van der Waals surface area contributed by atoms with Crippen molar-refractivity contribution in [1.29, 1.82) is 0 Å². The summed E-state index contributed by atoms with van der Waals surface area (Å²) in [5.41, 5.74) is 3.15. The van der Waals surface area contributed by atoms with Crippen LogP contribution in [0.5, 0.6) is 0 Å². The van der Waals surface area contributed by atoms with Crippen LogP contribution in [0.4, 0.5) is 0 Å². The fourth-order valence-electron chi connectivity index (χ4n) is 2.87. The van der Waals surface area contributed by atoms with Crippen molar-refractivity contribution in [1.82, 2.24) is 9.66 Å².